The summed E-state index contributed by atoms with van der Waals surface area (Å²) in [6, 6.07) is 0. The molecule has 6 heteroatoms. The van der Waals surface area contributed by atoms with E-state index in [1.807, 2.05) is 0 Å². The maximum Gasteiger partial charge on any atom is 2.00 e. The fourth-order valence-electron chi connectivity index (χ4n) is 0. The minimum absolute atomic E-state index is 0. The molecule has 0 aromatic rings. The Morgan fingerprint density at radius 3 is 0.500 bits per heavy atom. The molecular formula is H4CaO4Sr. The van der Waals surface area contributed by atoms with E-state index in [0.717, 1.165) is 0 Å². The Labute approximate surface area is 103 Å². The summed E-state index contributed by atoms with van der Waals surface area (Å²) in [6.45, 7) is 0. The molecule has 0 aromatic carbocycles. The molecule has 0 rings (SSSR count). The van der Waals surface area contributed by atoms with E-state index in [-0.39, 0.29) is 105 Å². The van der Waals surface area contributed by atoms with Crippen LogP contribution in [0.4, 0.5) is 0 Å². The SMILES string of the molecule is [Ca+2].[OH-].[OH-].[OH-].[OH-].[Sr+2]. The first kappa shape index (κ1) is 74.1. The van der Waals surface area contributed by atoms with Crippen LogP contribution in [0.15, 0.2) is 0 Å². The van der Waals surface area contributed by atoms with Crippen molar-refractivity contribution in [2.45, 2.75) is 0 Å². The van der Waals surface area contributed by atoms with Gasteiger partial charge >= 0.3 is 83.2 Å². The molecule has 0 radical (unpaired) electrons. The average molecular weight is 196 g/mol. The first-order valence-corrected chi connectivity index (χ1v) is 0. The third-order valence-corrected chi connectivity index (χ3v) is 0. The van der Waals surface area contributed by atoms with Gasteiger partial charge in [-0.3, -0.25) is 0 Å². The monoisotopic (exact) mass is 196 g/mol. The van der Waals surface area contributed by atoms with E-state index in [0.29, 0.717) is 0 Å². The molecular weight excluding hydrogens is 192 g/mol. The molecule has 0 bridgehead atoms. The van der Waals surface area contributed by atoms with Crippen molar-refractivity contribution in [3.8, 4) is 0 Å². The minimum Gasteiger partial charge on any atom is -0.870 e. The van der Waals surface area contributed by atoms with E-state index in [4.69, 9.17) is 0 Å². The van der Waals surface area contributed by atoms with Crippen molar-refractivity contribution in [2.24, 2.45) is 0 Å². The van der Waals surface area contributed by atoms with E-state index >= 15 is 0 Å². The van der Waals surface area contributed by atoms with Crippen LogP contribution in [0.3, 0.4) is 0 Å². The summed E-state index contributed by atoms with van der Waals surface area (Å²) < 4.78 is 0. The molecule has 0 heterocycles. The standard InChI is InChI=1S/Ca.4H2O.Sr/h;4*1H2;/q+2;;;;;+2/p-4. The van der Waals surface area contributed by atoms with Crippen LogP contribution in [-0.4, -0.2) is 105 Å². The van der Waals surface area contributed by atoms with Gasteiger partial charge in [0.1, 0.15) is 0 Å². The molecule has 0 fully saturated rings. The first-order valence-electron chi connectivity index (χ1n) is 0. The van der Waals surface area contributed by atoms with Gasteiger partial charge in [-0.15, -0.1) is 0 Å². The second-order valence-electron chi connectivity index (χ2n) is 0. The molecule has 6 heavy (non-hydrogen) atoms. The molecule has 4 nitrogen and oxygen atoms in total. The van der Waals surface area contributed by atoms with E-state index < -0.39 is 0 Å². The Morgan fingerprint density at radius 1 is 0.500 bits per heavy atom. The Hall–Kier alpha value is 2.58. The average Bonchev–Trinajstić information content (AvgIpc) is 0. The predicted octanol–water partition coefficient (Wildman–Crippen LogP) is -1.47. The van der Waals surface area contributed by atoms with Gasteiger partial charge in [0.15, 0.2) is 0 Å². The fraction of sp³-hybridized carbons (Fsp3) is 0. The second kappa shape index (κ2) is 49.3. The van der Waals surface area contributed by atoms with Crippen molar-refractivity contribution in [1.29, 1.82) is 0 Å². The molecule has 0 aliphatic heterocycles. The summed E-state index contributed by atoms with van der Waals surface area (Å²) in [7, 11) is 0. The number of rotatable bonds is 0. The van der Waals surface area contributed by atoms with Gasteiger partial charge in [0, 0.05) is 0 Å². The smallest absolute Gasteiger partial charge is 0.870 e. The molecule has 0 atom stereocenters. The quantitative estimate of drug-likeness (QED) is 0.438. The van der Waals surface area contributed by atoms with Gasteiger partial charge in [0.2, 0.25) is 0 Å². The summed E-state index contributed by atoms with van der Waals surface area (Å²) in [4.78, 5) is 0. The zero-order chi connectivity index (χ0) is 0. The van der Waals surface area contributed by atoms with Gasteiger partial charge < -0.3 is 21.9 Å². The van der Waals surface area contributed by atoms with Crippen molar-refractivity contribution in [1.82, 2.24) is 0 Å². The van der Waals surface area contributed by atoms with Crippen molar-refractivity contribution < 1.29 is 21.9 Å². The predicted molar refractivity (Wildman–Crippen MR) is 19.3 cm³/mol. The molecule has 0 amide bonds. The van der Waals surface area contributed by atoms with E-state index in [2.05, 4.69) is 0 Å². The summed E-state index contributed by atoms with van der Waals surface area (Å²) >= 11 is 0. The zero-order valence-corrected chi connectivity index (χ0v) is 8.89. The van der Waals surface area contributed by atoms with Crippen LogP contribution in [0.1, 0.15) is 0 Å². The molecule has 0 unspecified atom stereocenters. The molecule has 0 aliphatic rings. The van der Waals surface area contributed by atoms with Crippen molar-refractivity contribution in [2.75, 3.05) is 0 Å². The van der Waals surface area contributed by atoms with Gasteiger partial charge in [0.25, 0.3) is 0 Å². The molecule has 0 spiro atoms. The zero-order valence-electron chi connectivity index (χ0n) is 3.20. The summed E-state index contributed by atoms with van der Waals surface area (Å²) in [6.07, 6.45) is 0. The molecule has 0 saturated heterocycles. The third kappa shape index (κ3) is 30.8. The van der Waals surface area contributed by atoms with Crippen LogP contribution in [-0.2, 0) is 0 Å². The van der Waals surface area contributed by atoms with E-state index in [1.165, 1.54) is 0 Å². The van der Waals surface area contributed by atoms with Crippen molar-refractivity contribution in [3.05, 3.63) is 0 Å². The maximum absolute atomic E-state index is 0. The van der Waals surface area contributed by atoms with Gasteiger partial charge in [0.05, 0.1) is 0 Å². The summed E-state index contributed by atoms with van der Waals surface area (Å²) in [5, 5.41) is 0. The topological polar surface area (TPSA) is 120 Å². The number of hydrogen-bond acceptors (Lipinski definition) is 4. The minimum atomic E-state index is 0. The molecule has 0 aliphatic carbocycles. The van der Waals surface area contributed by atoms with Crippen LogP contribution in [0, 0.1) is 0 Å². The molecule has 4 N–H and O–H groups in total. The number of hydrogen-bond donors (Lipinski definition) is 0. The molecule has 0 aromatic heterocycles. The van der Waals surface area contributed by atoms with Gasteiger partial charge in [-0.25, -0.2) is 0 Å². The molecule has 32 valence electrons. The van der Waals surface area contributed by atoms with Crippen LogP contribution in [0.25, 0.3) is 0 Å². The maximum atomic E-state index is 0. The summed E-state index contributed by atoms with van der Waals surface area (Å²) in [5.74, 6) is 0. The summed E-state index contributed by atoms with van der Waals surface area (Å²) in [5.41, 5.74) is 0. The Morgan fingerprint density at radius 2 is 0.500 bits per heavy atom. The van der Waals surface area contributed by atoms with E-state index in [1.54, 1.807) is 0 Å². The second-order valence-corrected chi connectivity index (χ2v) is 0. The van der Waals surface area contributed by atoms with Crippen molar-refractivity contribution in [3.63, 3.8) is 0 Å². The van der Waals surface area contributed by atoms with Crippen molar-refractivity contribution >= 4 is 83.2 Å². The van der Waals surface area contributed by atoms with E-state index in [9.17, 15) is 0 Å². The van der Waals surface area contributed by atoms with Crippen LogP contribution < -0.4 is 0 Å². The van der Waals surface area contributed by atoms with Gasteiger partial charge in [-0.1, -0.05) is 0 Å². The van der Waals surface area contributed by atoms with Crippen LogP contribution in [0.5, 0.6) is 0 Å². The Kier molecular flexibility index (Phi) is 608. The largest absolute Gasteiger partial charge is 2.00 e. The van der Waals surface area contributed by atoms with Crippen LogP contribution in [0.2, 0.25) is 0 Å². The Bertz CT molecular complexity index is 7.51. The fourth-order valence-corrected chi connectivity index (χ4v) is 0. The normalized spacial score (nSPS) is 0. The Balaban J connectivity index is 0. The third-order valence-electron chi connectivity index (χ3n) is 0. The first-order chi connectivity index (χ1) is 0. The molecule has 0 saturated carbocycles. The van der Waals surface area contributed by atoms with Crippen LogP contribution >= 0.6 is 0 Å². The van der Waals surface area contributed by atoms with Gasteiger partial charge in [-0.05, 0) is 0 Å². The van der Waals surface area contributed by atoms with Gasteiger partial charge in [-0.2, -0.15) is 0 Å².